The Morgan fingerprint density at radius 2 is 2.04 bits per heavy atom. The molecule has 2 heterocycles. The number of nitrogens with one attached hydrogen (secondary N) is 2. The van der Waals surface area contributed by atoms with Gasteiger partial charge in [-0.1, -0.05) is 34.1 Å². The van der Waals surface area contributed by atoms with Gasteiger partial charge in [0.05, 0.1) is 11.4 Å². The van der Waals surface area contributed by atoms with Crippen molar-refractivity contribution in [1.29, 1.82) is 0 Å². The van der Waals surface area contributed by atoms with E-state index in [-0.39, 0.29) is 18.1 Å². The van der Waals surface area contributed by atoms with Crippen LogP contribution >= 0.6 is 0 Å². The normalized spacial score (nSPS) is 13.1. The highest BCUT2D eigenvalue weighted by Gasteiger charge is 2.22. The zero-order valence-electron chi connectivity index (χ0n) is 15.2. The molecule has 0 bridgehead atoms. The van der Waals surface area contributed by atoms with Gasteiger partial charge in [-0.3, -0.25) is 9.89 Å². The molecule has 0 unspecified atom stereocenters. The number of carbonyl (C=O) groups is 1. The summed E-state index contributed by atoms with van der Waals surface area (Å²) in [7, 11) is 0. The van der Waals surface area contributed by atoms with Crippen molar-refractivity contribution >= 4 is 11.6 Å². The Kier molecular flexibility index (Phi) is 4.70. The van der Waals surface area contributed by atoms with Crippen LogP contribution in [0.2, 0.25) is 0 Å². The first-order valence-corrected chi connectivity index (χ1v) is 8.64. The lowest BCUT2D eigenvalue weighted by molar-refractivity contribution is -0.117. The fourth-order valence-electron chi connectivity index (χ4n) is 2.86. The van der Waals surface area contributed by atoms with Crippen LogP contribution in [0.15, 0.2) is 18.2 Å². The van der Waals surface area contributed by atoms with E-state index in [4.69, 9.17) is 9.47 Å². The van der Waals surface area contributed by atoms with E-state index >= 15 is 0 Å². The molecule has 1 aromatic heterocycles. The number of H-pyrrole nitrogens is 1. The summed E-state index contributed by atoms with van der Waals surface area (Å²) in [6, 6.07) is 5.69. The molecule has 1 aromatic carbocycles. The van der Waals surface area contributed by atoms with Crippen molar-refractivity contribution in [2.75, 3.05) is 12.1 Å². The fourth-order valence-corrected chi connectivity index (χ4v) is 2.86. The number of fused-ring (bicyclic) bond motifs is 1. The van der Waals surface area contributed by atoms with Crippen molar-refractivity contribution in [3.05, 3.63) is 23.9 Å². The Morgan fingerprint density at radius 3 is 2.76 bits per heavy atom. The minimum Gasteiger partial charge on any atom is -0.454 e. The third kappa shape index (κ3) is 3.95. The van der Waals surface area contributed by atoms with Gasteiger partial charge in [0.2, 0.25) is 12.7 Å². The SMILES string of the molecule is CCCc1[nH]nc(-c2ccc3c(c2)OCO3)c1NC(=O)CC(C)(C)C. The third-order valence-corrected chi connectivity index (χ3v) is 3.94. The molecule has 0 atom stereocenters. The Hall–Kier alpha value is -2.50. The van der Waals surface area contributed by atoms with Crippen molar-refractivity contribution in [2.45, 2.75) is 47.0 Å². The molecule has 3 rings (SSSR count). The summed E-state index contributed by atoms with van der Waals surface area (Å²) in [6.45, 7) is 8.48. The fraction of sp³-hybridized carbons (Fsp3) is 0.474. The van der Waals surface area contributed by atoms with Crippen LogP contribution < -0.4 is 14.8 Å². The maximum atomic E-state index is 12.5. The number of hydrogen-bond acceptors (Lipinski definition) is 4. The van der Waals surface area contributed by atoms with Crippen LogP contribution in [0.5, 0.6) is 11.5 Å². The van der Waals surface area contributed by atoms with E-state index in [1.807, 2.05) is 39.0 Å². The molecular weight excluding hydrogens is 318 g/mol. The summed E-state index contributed by atoms with van der Waals surface area (Å²) in [5, 5.41) is 10.6. The lowest BCUT2D eigenvalue weighted by Gasteiger charge is -2.17. The molecule has 0 saturated carbocycles. The van der Waals surface area contributed by atoms with Crippen molar-refractivity contribution in [1.82, 2.24) is 10.2 Å². The van der Waals surface area contributed by atoms with Crippen LogP contribution in [0, 0.1) is 5.41 Å². The molecule has 1 amide bonds. The second-order valence-corrected chi connectivity index (χ2v) is 7.53. The molecule has 134 valence electrons. The second-order valence-electron chi connectivity index (χ2n) is 7.53. The molecule has 1 aliphatic rings. The zero-order valence-corrected chi connectivity index (χ0v) is 15.2. The molecule has 0 saturated heterocycles. The van der Waals surface area contributed by atoms with Gasteiger partial charge in [-0.15, -0.1) is 0 Å². The van der Waals surface area contributed by atoms with Crippen molar-refractivity contribution in [3.8, 4) is 22.8 Å². The van der Waals surface area contributed by atoms with E-state index in [1.165, 1.54) is 0 Å². The number of aryl methyl sites for hydroxylation is 1. The van der Waals surface area contributed by atoms with Gasteiger partial charge >= 0.3 is 0 Å². The molecule has 1 aliphatic heterocycles. The Morgan fingerprint density at radius 1 is 1.28 bits per heavy atom. The maximum Gasteiger partial charge on any atom is 0.231 e. The largest absolute Gasteiger partial charge is 0.454 e. The number of amides is 1. The number of benzene rings is 1. The molecule has 0 fully saturated rings. The predicted octanol–water partition coefficient (Wildman–Crippen LogP) is 4.13. The predicted molar refractivity (Wildman–Crippen MR) is 96.8 cm³/mol. The lowest BCUT2D eigenvalue weighted by atomic mass is 9.92. The minimum atomic E-state index is -0.0718. The first-order valence-electron chi connectivity index (χ1n) is 8.64. The average molecular weight is 343 g/mol. The number of ether oxygens (including phenoxy) is 2. The standard InChI is InChI=1S/C19H25N3O3/c1-5-6-13-18(20-16(23)10-19(2,3)4)17(22-21-13)12-7-8-14-15(9-12)25-11-24-14/h7-9H,5-6,10-11H2,1-4H3,(H,20,23)(H,21,22). The molecular formula is C19H25N3O3. The van der Waals surface area contributed by atoms with Crippen molar-refractivity contribution in [2.24, 2.45) is 5.41 Å². The quantitative estimate of drug-likeness (QED) is 0.856. The molecule has 2 N–H and O–H groups in total. The maximum absolute atomic E-state index is 12.5. The number of carbonyl (C=O) groups excluding carboxylic acids is 1. The second kappa shape index (κ2) is 6.78. The van der Waals surface area contributed by atoms with E-state index < -0.39 is 0 Å². The van der Waals surface area contributed by atoms with Crippen molar-refractivity contribution < 1.29 is 14.3 Å². The number of aromatic amines is 1. The first-order chi connectivity index (χ1) is 11.9. The van der Waals surface area contributed by atoms with Crippen LogP contribution in [-0.2, 0) is 11.2 Å². The van der Waals surface area contributed by atoms with Gasteiger partial charge in [-0.2, -0.15) is 5.10 Å². The molecule has 6 nitrogen and oxygen atoms in total. The summed E-state index contributed by atoms with van der Waals surface area (Å²) in [4.78, 5) is 12.5. The highest BCUT2D eigenvalue weighted by molar-refractivity contribution is 5.96. The van der Waals surface area contributed by atoms with Gasteiger partial charge < -0.3 is 14.8 Å². The molecule has 0 spiro atoms. The average Bonchev–Trinajstić information content (AvgIpc) is 3.12. The van der Waals surface area contributed by atoms with Crippen LogP contribution in [0.3, 0.4) is 0 Å². The number of anilines is 1. The number of rotatable bonds is 5. The molecule has 25 heavy (non-hydrogen) atoms. The summed E-state index contributed by atoms with van der Waals surface area (Å²) < 4.78 is 10.8. The topological polar surface area (TPSA) is 76.2 Å². The summed E-state index contributed by atoms with van der Waals surface area (Å²) in [6.07, 6.45) is 2.23. The van der Waals surface area contributed by atoms with E-state index in [0.717, 1.165) is 41.2 Å². The molecule has 0 radical (unpaired) electrons. The first kappa shape index (κ1) is 17.3. The molecule has 2 aromatic rings. The van der Waals surface area contributed by atoms with Gasteiger partial charge in [-0.25, -0.2) is 0 Å². The lowest BCUT2D eigenvalue weighted by Crippen LogP contribution is -2.20. The summed E-state index contributed by atoms with van der Waals surface area (Å²) in [5.41, 5.74) is 3.24. The number of hydrogen-bond donors (Lipinski definition) is 2. The van der Waals surface area contributed by atoms with Crippen molar-refractivity contribution in [3.63, 3.8) is 0 Å². The Balaban J connectivity index is 1.93. The van der Waals surface area contributed by atoms with E-state index in [2.05, 4.69) is 22.4 Å². The minimum absolute atomic E-state index is 0.00625. The van der Waals surface area contributed by atoms with Gasteiger partial charge in [0.25, 0.3) is 0 Å². The Labute approximate surface area is 147 Å². The van der Waals surface area contributed by atoms with E-state index in [0.29, 0.717) is 12.2 Å². The van der Waals surface area contributed by atoms with Gasteiger partial charge in [0.15, 0.2) is 11.5 Å². The molecule has 0 aliphatic carbocycles. The summed E-state index contributed by atoms with van der Waals surface area (Å²) in [5.74, 6) is 1.42. The van der Waals surface area contributed by atoms with Gasteiger partial charge in [-0.05, 0) is 30.0 Å². The third-order valence-electron chi connectivity index (χ3n) is 3.94. The smallest absolute Gasteiger partial charge is 0.231 e. The van der Waals surface area contributed by atoms with E-state index in [9.17, 15) is 4.79 Å². The number of nitrogens with zero attached hydrogens (tertiary/aromatic N) is 1. The molecule has 6 heteroatoms. The van der Waals surface area contributed by atoms with Gasteiger partial charge in [0.1, 0.15) is 5.69 Å². The summed E-state index contributed by atoms with van der Waals surface area (Å²) >= 11 is 0. The monoisotopic (exact) mass is 343 g/mol. The zero-order chi connectivity index (χ0) is 18.0. The van der Waals surface area contributed by atoms with Crippen LogP contribution in [0.4, 0.5) is 5.69 Å². The highest BCUT2D eigenvalue weighted by atomic mass is 16.7. The van der Waals surface area contributed by atoms with Crippen LogP contribution in [0.25, 0.3) is 11.3 Å². The van der Waals surface area contributed by atoms with Gasteiger partial charge in [0, 0.05) is 12.0 Å². The number of aromatic nitrogens is 2. The van der Waals surface area contributed by atoms with E-state index in [1.54, 1.807) is 0 Å². The highest BCUT2D eigenvalue weighted by Crippen LogP contribution is 2.38. The Bertz CT molecular complexity index is 775. The van der Waals surface area contributed by atoms with Crippen LogP contribution in [0.1, 0.15) is 46.2 Å². The van der Waals surface area contributed by atoms with Crippen LogP contribution in [-0.4, -0.2) is 22.9 Å².